The van der Waals surface area contributed by atoms with Crippen LogP contribution in [0.1, 0.15) is 25.7 Å². The summed E-state index contributed by atoms with van der Waals surface area (Å²) in [7, 11) is 0. The Morgan fingerprint density at radius 2 is 1.83 bits per heavy atom. The van der Waals surface area contributed by atoms with Crippen LogP contribution in [-0.4, -0.2) is 35.1 Å². The maximum absolute atomic E-state index is 12.0. The Bertz CT molecular complexity index is 1040. The Labute approximate surface area is 169 Å². The van der Waals surface area contributed by atoms with Gasteiger partial charge in [0.15, 0.2) is 0 Å². The van der Waals surface area contributed by atoms with E-state index in [9.17, 15) is 4.79 Å². The summed E-state index contributed by atoms with van der Waals surface area (Å²) in [5, 5.41) is 8.35. The average Bonchev–Trinajstić information content (AvgIpc) is 3.60. The molecule has 0 bridgehead atoms. The molecular formula is C23H24N4O2. The molecule has 3 heterocycles. The zero-order valence-corrected chi connectivity index (χ0v) is 16.2. The van der Waals surface area contributed by atoms with Crippen LogP contribution in [0.2, 0.25) is 0 Å². The van der Waals surface area contributed by atoms with Gasteiger partial charge in [-0.1, -0.05) is 12.1 Å². The summed E-state index contributed by atoms with van der Waals surface area (Å²) in [6, 6.07) is 10.2. The molecule has 5 rings (SSSR count). The number of carbonyl (C=O) groups is 1. The molecule has 2 fully saturated rings. The molecule has 0 radical (unpaired) electrons. The molecule has 1 aromatic carbocycles. The largest absolute Gasteiger partial charge is 0.489 e. The zero-order valence-electron chi connectivity index (χ0n) is 16.2. The van der Waals surface area contributed by atoms with Gasteiger partial charge in [0.2, 0.25) is 5.91 Å². The van der Waals surface area contributed by atoms with Gasteiger partial charge >= 0.3 is 0 Å². The number of benzene rings is 1. The summed E-state index contributed by atoms with van der Waals surface area (Å²) in [6.07, 6.45) is 9.67. The molecule has 3 aromatic rings. The maximum atomic E-state index is 12.0. The van der Waals surface area contributed by atoms with Crippen molar-refractivity contribution in [2.24, 2.45) is 5.92 Å². The van der Waals surface area contributed by atoms with E-state index >= 15 is 0 Å². The van der Waals surface area contributed by atoms with Gasteiger partial charge in [-0.05, 0) is 67.9 Å². The summed E-state index contributed by atoms with van der Waals surface area (Å²) in [5.41, 5.74) is 2.07. The molecule has 1 aliphatic carbocycles. The fourth-order valence-electron chi connectivity index (χ4n) is 3.71. The third-order valence-corrected chi connectivity index (χ3v) is 5.56. The van der Waals surface area contributed by atoms with E-state index in [-0.39, 0.29) is 17.9 Å². The number of hydrogen-bond donors (Lipinski definition) is 2. The molecule has 1 saturated heterocycles. The van der Waals surface area contributed by atoms with Crippen molar-refractivity contribution in [3.05, 3.63) is 48.9 Å². The molecule has 6 nitrogen and oxygen atoms in total. The second kappa shape index (κ2) is 7.79. The highest BCUT2D eigenvalue weighted by molar-refractivity contribution is 5.96. The minimum atomic E-state index is 0.0694. The van der Waals surface area contributed by atoms with Crippen molar-refractivity contribution in [3.63, 3.8) is 0 Å². The summed E-state index contributed by atoms with van der Waals surface area (Å²) in [5.74, 6) is 1.64. The number of carbonyl (C=O) groups excluding carboxylic acids is 1. The third-order valence-electron chi connectivity index (χ3n) is 5.56. The van der Waals surface area contributed by atoms with Crippen molar-refractivity contribution < 1.29 is 9.53 Å². The summed E-state index contributed by atoms with van der Waals surface area (Å²) in [6.45, 7) is 1.99. The number of piperidine rings is 1. The first-order chi connectivity index (χ1) is 14.2. The average molecular weight is 388 g/mol. The van der Waals surface area contributed by atoms with Crippen LogP contribution in [-0.2, 0) is 4.79 Å². The molecule has 1 amide bonds. The number of anilines is 1. The fourth-order valence-corrected chi connectivity index (χ4v) is 3.71. The predicted octanol–water partition coefficient (Wildman–Crippen LogP) is 3.78. The van der Waals surface area contributed by atoms with E-state index in [1.54, 1.807) is 12.4 Å². The number of aromatic nitrogens is 2. The standard InChI is InChI=1S/C23H24N4O2/c28-23(15-1-2-15)27-22-11-18-9-16(3-4-17(18)13-26-22)19-10-21(14-25-12-19)29-20-5-7-24-8-6-20/h3-4,9-15,20,24H,1-2,5-8H2,(H,26,27,28). The van der Waals surface area contributed by atoms with Gasteiger partial charge in [-0.25, -0.2) is 4.98 Å². The Kier molecular flexibility index (Phi) is 4.86. The lowest BCUT2D eigenvalue weighted by atomic mass is 10.0. The normalized spacial score (nSPS) is 17.2. The minimum absolute atomic E-state index is 0.0694. The van der Waals surface area contributed by atoms with Gasteiger partial charge in [0, 0.05) is 29.3 Å². The van der Waals surface area contributed by atoms with E-state index in [1.807, 2.05) is 24.4 Å². The number of rotatable bonds is 5. The van der Waals surface area contributed by atoms with Crippen LogP contribution < -0.4 is 15.4 Å². The number of nitrogens with zero attached hydrogens (tertiary/aromatic N) is 2. The minimum Gasteiger partial charge on any atom is -0.489 e. The number of nitrogens with one attached hydrogen (secondary N) is 2. The van der Waals surface area contributed by atoms with E-state index in [1.165, 1.54) is 0 Å². The molecule has 0 atom stereocenters. The lowest BCUT2D eigenvalue weighted by Crippen LogP contribution is -2.34. The first-order valence-electron chi connectivity index (χ1n) is 10.3. The maximum Gasteiger partial charge on any atom is 0.228 e. The summed E-state index contributed by atoms with van der Waals surface area (Å²) in [4.78, 5) is 20.8. The van der Waals surface area contributed by atoms with Crippen molar-refractivity contribution in [1.82, 2.24) is 15.3 Å². The van der Waals surface area contributed by atoms with Crippen molar-refractivity contribution in [2.75, 3.05) is 18.4 Å². The number of pyridine rings is 2. The predicted molar refractivity (Wildman–Crippen MR) is 113 cm³/mol. The van der Waals surface area contributed by atoms with Gasteiger partial charge in [0.25, 0.3) is 0 Å². The Hall–Kier alpha value is -2.99. The van der Waals surface area contributed by atoms with Crippen LogP contribution in [0.25, 0.3) is 21.9 Å². The van der Waals surface area contributed by atoms with Gasteiger partial charge in [-0.3, -0.25) is 9.78 Å². The first-order valence-corrected chi connectivity index (χ1v) is 10.3. The number of hydrogen-bond acceptors (Lipinski definition) is 5. The second-order valence-electron chi connectivity index (χ2n) is 7.87. The van der Waals surface area contributed by atoms with E-state index < -0.39 is 0 Å². The lowest BCUT2D eigenvalue weighted by molar-refractivity contribution is -0.117. The molecular weight excluding hydrogens is 364 g/mol. The number of ether oxygens (including phenoxy) is 1. The highest BCUT2D eigenvalue weighted by Crippen LogP contribution is 2.31. The molecule has 1 saturated carbocycles. The van der Waals surface area contributed by atoms with Crippen LogP contribution >= 0.6 is 0 Å². The third kappa shape index (κ3) is 4.22. The van der Waals surface area contributed by atoms with Crippen LogP contribution in [0.5, 0.6) is 5.75 Å². The molecule has 2 aliphatic rings. The quantitative estimate of drug-likeness (QED) is 0.696. The molecule has 2 N–H and O–H groups in total. The van der Waals surface area contributed by atoms with Crippen LogP contribution in [0.3, 0.4) is 0 Å². The van der Waals surface area contributed by atoms with Crippen LogP contribution in [0.15, 0.2) is 48.9 Å². The molecule has 0 spiro atoms. The van der Waals surface area contributed by atoms with Crippen molar-refractivity contribution >= 4 is 22.5 Å². The molecule has 29 heavy (non-hydrogen) atoms. The second-order valence-corrected chi connectivity index (χ2v) is 7.87. The highest BCUT2D eigenvalue weighted by atomic mass is 16.5. The van der Waals surface area contributed by atoms with Crippen molar-refractivity contribution in [2.45, 2.75) is 31.8 Å². The lowest BCUT2D eigenvalue weighted by Gasteiger charge is -2.23. The molecule has 148 valence electrons. The van der Waals surface area contributed by atoms with Crippen LogP contribution in [0.4, 0.5) is 5.82 Å². The number of amides is 1. The SMILES string of the molecule is O=C(Nc1cc2cc(-c3cncc(OC4CCNCC4)c3)ccc2cn1)C1CC1. The fraction of sp³-hybridized carbons (Fsp3) is 0.348. The number of fused-ring (bicyclic) bond motifs is 1. The zero-order chi connectivity index (χ0) is 19.6. The van der Waals surface area contributed by atoms with Gasteiger partial charge in [0.1, 0.15) is 17.7 Å². The monoisotopic (exact) mass is 388 g/mol. The van der Waals surface area contributed by atoms with Crippen molar-refractivity contribution in [3.8, 4) is 16.9 Å². The molecule has 6 heteroatoms. The van der Waals surface area contributed by atoms with Crippen LogP contribution in [0, 0.1) is 5.92 Å². The van der Waals surface area contributed by atoms with E-state index in [2.05, 4.69) is 32.7 Å². The Balaban J connectivity index is 1.38. The van der Waals surface area contributed by atoms with Gasteiger partial charge in [-0.15, -0.1) is 0 Å². The van der Waals surface area contributed by atoms with E-state index in [0.29, 0.717) is 5.82 Å². The topological polar surface area (TPSA) is 76.1 Å². The Morgan fingerprint density at radius 3 is 2.66 bits per heavy atom. The van der Waals surface area contributed by atoms with E-state index in [0.717, 1.165) is 66.4 Å². The Morgan fingerprint density at radius 1 is 0.966 bits per heavy atom. The first kappa shape index (κ1) is 18.1. The van der Waals surface area contributed by atoms with Gasteiger partial charge in [-0.2, -0.15) is 0 Å². The summed E-state index contributed by atoms with van der Waals surface area (Å²) < 4.78 is 6.14. The van der Waals surface area contributed by atoms with Gasteiger partial charge < -0.3 is 15.4 Å². The van der Waals surface area contributed by atoms with E-state index in [4.69, 9.17) is 4.74 Å². The highest BCUT2D eigenvalue weighted by Gasteiger charge is 2.29. The van der Waals surface area contributed by atoms with Gasteiger partial charge in [0.05, 0.1) is 6.20 Å². The van der Waals surface area contributed by atoms with Crippen molar-refractivity contribution in [1.29, 1.82) is 0 Å². The molecule has 1 aliphatic heterocycles. The molecule has 2 aromatic heterocycles. The smallest absolute Gasteiger partial charge is 0.228 e. The molecule has 0 unspecified atom stereocenters. The summed E-state index contributed by atoms with van der Waals surface area (Å²) >= 11 is 0.